The Kier molecular flexibility index (Phi) is 11.5. The van der Waals surface area contributed by atoms with Crippen LogP contribution in [0.25, 0.3) is 0 Å². The quantitative estimate of drug-likeness (QED) is 0.481. The summed E-state index contributed by atoms with van der Waals surface area (Å²) in [7, 11) is 1.96. The highest BCUT2D eigenvalue weighted by atomic mass is 16.5. The normalized spacial score (nSPS) is 14.5. The van der Waals surface area contributed by atoms with Gasteiger partial charge >= 0.3 is 0 Å². The van der Waals surface area contributed by atoms with E-state index in [-0.39, 0.29) is 17.1 Å². The summed E-state index contributed by atoms with van der Waals surface area (Å²) >= 11 is 0. The van der Waals surface area contributed by atoms with Crippen molar-refractivity contribution in [2.24, 2.45) is 0 Å². The largest absolute Gasteiger partial charge is 0.375 e. The molecule has 5 heteroatoms. The lowest BCUT2D eigenvalue weighted by Gasteiger charge is -2.31. The number of rotatable bonds is 14. The first-order valence-electron chi connectivity index (χ1n) is 8.91. The maximum Gasteiger partial charge on any atom is 0.216 e. The molecule has 0 saturated heterocycles. The van der Waals surface area contributed by atoms with Gasteiger partial charge in [0.2, 0.25) is 5.91 Å². The standard InChI is InChI=1S/C18H38N2O3/c1-7-18(5,23-14-9-8-12-20-16(2)21)11-15-22-17(3,4)10-13-19-6/h19H,7-15H2,1-6H3,(H,20,21). The van der Waals surface area contributed by atoms with Gasteiger partial charge in [-0.05, 0) is 66.5 Å². The van der Waals surface area contributed by atoms with Crippen LogP contribution in [0.3, 0.4) is 0 Å². The van der Waals surface area contributed by atoms with Crippen molar-refractivity contribution in [3.8, 4) is 0 Å². The molecule has 0 aromatic heterocycles. The molecule has 2 N–H and O–H groups in total. The molecule has 0 spiro atoms. The summed E-state index contributed by atoms with van der Waals surface area (Å²) in [6.07, 6.45) is 4.78. The van der Waals surface area contributed by atoms with Gasteiger partial charge in [-0.3, -0.25) is 4.79 Å². The van der Waals surface area contributed by atoms with Crippen LogP contribution in [0.2, 0.25) is 0 Å². The Hall–Kier alpha value is -0.650. The fourth-order valence-corrected chi connectivity index (χ4v) is 2.20. The van der Waals surface area contributed by atoms with Crippen LogP contribution in [0.1, 0.15) is 66.7 Å². The highest BCUT2D eigenvalue weighted by Gasteiger charge is 2.25. The lowest BCUT2D eigenvalue weighted by Crippen LogP contribution is -2.34. The van der Waals surface area contributed by atoms with E-state index in [1.54, 1.807) is 6.92 Å². The second-order valence-electron chi connectivity index (χ2n) is 7.05. The summed E-state index contributed by atoms with van der Waals surface area (Å²) in [5.74, 6) is 0.0300. The second kappa shape index (κ2) is 11.8. The number of amides is 1. The second-order valence-corrected chi connectivity index (χ2v) is 7.05. The average Bonchev–Trinajstić information content (AvgIpc) is 2.48. The van der Waals surface area contributed by atoms with E-state index in [1.165, 1.54) is 0 Å². The Bertz CT molecular complexity index is 321. The summed E-state index contributed by atoms with van der Waals surface area (Å²) in [5.41, 5.74) is -0.233. The Balaban J connectivity index is 3.93. The molecule has 1 amide bonds. The molecule has 0 rings (SSSR count). The first-order chi connectivity index (χ1) is 10.7. The number of hydrogen-bond donors (Lipinski definition) is 2. The van der Waals surface area contributed by atoms with Gasteiger partial charge < -0.3 is 20.1 Å². The van der Waals surface area contributed by atoms with Gasteiger partial charge in [-0.15, -0.1) is 0 Å². The molecular formula is C18H38N2O3. The third-order valence-corrected chi connectivity index (χ3v) is 4.24. The predicted molar refractivity (Wildman–Crippen MR) is 95.8 cm³/mol. The van der Waals surface area contributed by atoms with E-state index in [1.807, 2.05) is 7.05 Å². The molecule has 0 heterocycles. The number of hydrogen-bond acceptors (Lipinski definition) is 4. The molecule has 23 heavy (non-hydrogen) atoms. The van der Waals surface area contributed by atoms with Gasteiger partial charge in [0.1, 0.15) is 0 Å². The third-order valence-electron chi connectivity index (χ3n) is 4.24. The molecule has 1 unspecified atom stereocenters. The number of ether oxygens (including phenoxy) is 2. The van der Waals surface area contributed by atoms with Crippen LogP contribution in [-0.2, 0) is 14.3 Å². The molecular weight excluding hydrogens is 292 g/mol. The van der Waals surface area contributed by atoms with Gasteiger partial charge in [0.25, 0.3) is 0 Å². The molecule has 138 valence electrons. The van der Waals surface area contributed by atoms with Crippen molar-refractivity contribution in [1.82, 2.24) is 10.6 Å². The zero-order valence-corrected chi connectivity index (χ0v) is 16.1. The Labute approximate surface area is 142 Å². The maximum atomic E-state index is 10.8. The van der Waals surface area contributed by atoms with E-state index in [2.05, 4.69) is 38.3 Å². The van der Waals surface area contributed by atoms with E-state index in [0.717, 1.165) is 51.8 Å². The topological polar surface area (TPSA) is 59.6 Å². The van der Waals surface area contributed by atoms with Crippen LogP contribution in [-0.4, -0.2) is 50.5 Å². The maximum absolute atomic E-state index is 10.8. The smallest absolute Gasteiger partial charge is 0.216 e. The number of nitrogens with one attached hydrogen (secondary N) is 2. The molecule has 5 nitrogen and oxygen atoms in total. The Morgan fingerprint density at radius 1 is 1.00 bits per heavy atom. The summed E-state index contributed by atoms with van der Waals surface area (Å²) in [4.78, 5) is 10.8. The van der Waals surface area contributed by atoms with Gasteiger partial charge in [-0.25, -0.2) is 0 Å². The SMILES string of the molecule is CCC(C)(CCOC(C)(C)CCNC)OCCCCNC(C)=O. The summed E-state index contributed by atoms with van der Waals surface area (Å²) < 4.78 is 12.1. The van der Waals surface area contributed by atoms with E-state index >= 15 is 0 Å². The van der Waals surface area contributed by atoms with Gasteiger partial charge in [-0.1, -0.05) is 6.92 Å². The first kappa shape index (κ1) is 22.4. The average molecular weight is 331 g/mol. The highest BCUT2D eigenvalue weighted by Crippen LogP contribution is 2.22. The van der Waals surface area contributed by atoms with Crippen LogP contribution < -0.4 is 10.6 Å². The fraction of sp³-hybridized carbons (Fsp3) is 0.944. The van der Waals surface area contributed by atoms with Crippen LogP contribution in [0, 0.1) is 0 Å². The number of unbranched alkanes of at least 4 members (excludes halogenated alkanes) is 1. The Morgan fingerprint density at radius 3 is 2.26 bits per heavy atom. The lowest BCUT2D eigenvalue weighted by atomic mass is 9.98. The van der Waals surface area contributed by atoms with E-state index in [0.29, 0.717) is 6.61 Å². The van der Waals surface area contributed by atoms with Gasteiger partial charge in [0, 0.05) is 20.1 Å². The third kappa shape index (κ3) is 12.4. The minimum Gasteiger partial charge on any atom is -0.375 e. The van der Waals surface area contributed by atoms with Crippen LogP contribution in [0.15, 0.2) is 0 Å². The van der Waals surface area contributed by atoms with Gasteiger partial charge in [0.05, 0.1) is 17.8 Å². The van der Waals surface area contributed by atoms with Crippen LogP contribution >= 0.6 is 0 Å². The van der Waals surface area contributed by atoms with Crippen molar-refractivity contribution in [1.29, 1.82) is 0 Å². The number of carbonyl (C=O) groups excluding carboxylic acids is 1. The molecule has 0 radical (unpaired) electrons. The molecule has 0 fully saturated rings. The predicted octanol–water partition coefficient (Wildman–Crippen LogP) is 2.88. The van der Waals surface area contributed by atoms with Gasteiger partial charge in [0.15, 0.2) is 0 Å². The molecule has 0 bridgehead atoms. The molecule has 1 atom stereocenters. The molecule has 0 aromatic rings. The van der Waals surface area contributed by atoms with Crippen LogP contribution in [0.4, 0.5) is 0 Å². The molecule has 0 aliphatic carbocycles. The van der Waals surface area contributed by atoms with Crippen molar-refractivity contribution < 1.29 is 14.3 Å². The molecule has 0 aliphatic rings. The molecule has 0 saturated carbocycles. The number of carbonyl (C=O) groups is 1. The zero-order valence-electron chi connectivity index (χ0n) is 16.1. The molecule has 0 aromatic carbocycles. The highest BCUT2D eigenvalue weighted by molar-refractivity contribution is 5.72. The van der Waals surface area contributed by atoms with Crippen molar-refractivity contribution >= 4 is 5.91 Å². The van der Waals surface area contributed by atoms with E-state index < -0.39 is 0 Å². The van der Waals surface area contributed by atoms with Crippen LogP contribution in [0.5, 0.6) is 0 Å². The lowest BCUT2D eigenvalue weighted by molar-refractivity contribution is -0.119. The summed E-state index contributed by atoms with van der Waals surface area (Å²) in [6, 6.07) is 0. The van der Waals surface area contributed by atoms with E-state index in [4.69, 9.17) is 9.47 Å². The first-order valence-corrected chi connectivity index (χ1v) is 8.91. The van der Waals surface area contributed by atoms with Crippen molar-refractivity contribution in [2.45, 2.75) is 77.9 Å². The van der Waals surface area contributed by atoms with Crippen molar-refractivity contribution in [3.05, 3.63) is 0 Å². The minimum atomic E-state index is -0.132. The van der Waals surface area contributed by atoms with E-state index in [9.17, 15) is 4.79 Å². The fourth-order valence-electron chi connectivity index (χ4n) is 2.20. The monoisotopic (exact) mass is 330 g/mol. The minimum absolute atomic E-state index is 0.0300. The van der Waals surface area contributed by atoms with Crippen molar-refractivity contribution in [2.75, 3.05) is 33.4 Å². The Morgan fingerprint density at radius 2 is 1.70 bits per heavy atom. The molecule has 0 aliphatic heterocycles. The summed E-state index contributed by atoms with van der Waals surface area (Å²) in [6.45, 7) is 13.3. The van der Waals surface area contributed by atoms with Crippen molar-refractivity contribution in [3.63, 3.8) is 0 Å². The summed E-state index contributed by atoms with van der Waals surface area (Å²) in [5, 5.41) is 5.97. The van der Waals surface area contributed by atoms with Gasteiger partial charge in [-0.2, -0.15) is 0 Å². The zero-order chi connectivity index (χ0) is 17.8.